The van der Waals surface area contributed by atoms with Crippen LogP contribution in [-0.2, 0) is 0 Å². The number of rotatable bonds is 16. The molecule has 24 aromatic carbocycles. The summed E-state index contributed by atoms with van der Waals surface area (Å²) in [4.78, 5) is 4.70. The standard InChI is InChI=1S/2C68H45N3/c1-3-19-52(20-4-1)69(54-34-29-46(30-35-54)49-31-40-66-62(43-49)61-25-11-12-28-65(61)70(66)53-21-5-2-6-22-53)55-36-38-56(39-37-55)71-67-41-32-50(59-26-13-17-47-15-7-9-23-57(47)59)44-63(67)64-45-51(33-42-68(64)71)60-27-14-18-48-16-8-10-24-58(48)60;1-3-17-56(18-4-1)69(58-32-27-48(28-33-58)53-29-38-66-62(43-53)61-21-11-12-22-65(61)70(66)57-19-5-2-6-20-57)59-34-36-60(37-35-59)71-67-39-30-54(51-25-23-46-13-7-9-15-49(46)41-51)44-63(67)64-45-55(31-40-68(64)71)52-26-24-47-14-8-10-16-50(47)42-52/h2*1-45H. The molecule has 0 aliphatic heterocycles. The van der Waals surface area contributed by atoms with Crippen LogP contribution in [-0.4, -0.2) is 18.3 Å². The minimum Gasteiger partial charge on any atom is -0.311 e. The molecule has 4 heterocycles. The summed E-state index contributed by atoms with van der Waals surface area (Å²) in [6.45, 7) is 0. The van der Waals surface area contributed by atoms with Crippen molar-refractivity contribution in [3.8, 4) is 89.5 Å². The monoisotopic (exact) mass is 1810 g/mol. The molecule has 6 nitrogen and oxygen atoms in total. The molecule has 142 heavy (non-hydrogen) atoms. The van der Waals surface area contributed by atoms with Gasteiger partial charge in [0, 0.05) is 100.0 Å². The highest BCUT2D eigenvalue weighted by atomic mass is 15.2. The van der Waals surface area contributed by atoms with Gasteiger partial charge in [-0.2, -0.15) is 0 Å². The highest BCUT2D eigenvalue weighted by molar-refractivity contribution is 6.17. The molecule has 0 spiro atoms. The van der Waals surface area contributed by atoms with E-state index in [1.54, 1.807) is 0 Å². The topological polar surface area (TPSA) is 26.2 Å². The van der Waals surface area contributed by atoms with Gasteiger partial charge in [-0.1, -0.05) is 328 Å². The van der Waals surface area contributed by atoms with Crippen molar-refractivity contribution >= 4 is 164 Å². The predicted molar refractivity (Wildman–Crippen MR) is 602 cm³/mol. The second kappa shape index (κ2) is 34.7. The van der Waals surface area contributed by atoms with Crippen LogP contribution in [0.5, 0.6) is 0 Å². The van der Waals surface area contributed by atoms with Gasteiger partial charge in [-0.3, -0.25) is 0 Å². The molecule has 28 aromatic rings. The fourth-order valence-corrected chi connectivity index (χ4v) is 22.2. The number of hydrogen-bond acceptors (Lipinski definition) is 2. The maximum atomic E-state index is 2.43. The Morgan fingerprint density at radius 2 is 0.331 bits per heavy atom. The molecule has 0 unspecified atom stereocenters. The second-order valence-electron chi connectivity index (χ2n) is 37.1. The SMILES string of the molecule is c1ccc(N(c2ccc(-c3ccc4c(c3)c3ccccc3n4-c3ccccc3)cc2)c2ccc(-n3c4ccc(-c5ccc6ccccc6c5)cc4c4cc(-c5ccc6ccccc6c5)ccc43)cc2)cc1.c1ccc(N(c2ccc(-c3ccc4c(c3)c3ccccc3n4-c3ccccc3)cc2)c2ccc(-n3c4ccc(-c5cccc6ccccc56)cc4c4cc(-c5cccc6ccccc56)ccc43)cc2)cc1. The van der Waals surface area contributed by atoms with Gasteiger partial charge in [0.2, 0.25) is 0 Å². The Labute approximate surface area is 822 Å². The van der Waals surface area contributed by atoms with Gasteiger partial charge in [-0.25, -0.2) is 0 Å². The van der Waals surface area contributed by atoms with Gasteiger partial charge in [-0.05, 0) is 328 Å². The molecule has 0 N–H and O–H groups in total. The van der Waals surface area contributed by atoms with Crippen LogP contribution < -0.4 is 9.80 Å². The van der Waals surface area contributed by atoms with Crippen LogP contribution in [0.3, 0.4) is 0 Å². The van der Waals surface area contributed by atoms with Crippen LogP contribution >= 0.6 is 0 Å². The van der Waals surface area contributed by atoms with Crippen LogP contribution in [0.4, 0.5) is 34.1 Å². The normalized spacial score (nSPS) is 11.7. The molecule has 0 saturated heterocycles. The molecule has 0 bridgehead atoms. The Hall–Kier alpha value is -18.9. The first-order valence-corrected chi connectivity index (χ1v) is 48.8. The van der Waals surface area contributed by atoms with E-state index in [1.807, 2.05) is 0 Å². The summed E-state index contributed by atoms with van der Waals surface area (Å²) in [7, 11) is 0. The summed E-state index contributed by atoms with van der Waals surface area (Å²) >= 11 is 0. The quantitative estimate of drug-likeness (QED) is 0.0964. The van der Waals surface area contributed by atoms with Gasteiger partial charge in [0.25, 0.3) is 0 Å². The zero-order valence-corrected chi connectivity index (χ0v) is 77.6. The Bertz CT molecular complexity index is 9480. The van der Waals surface area contributed by atoms with Gasteiger partial charge in [0.05, 0.1) is 44.1 Å². The molecular formula is C136H90N6. The maximum absolute atomic E-state index is 2.43. The third-order valence-corrected chi connectivity index (χ3v) is 28.9. The number of para-hydroxylation sites is 6. The number of nitrogens with zero attached hydrogens (tertiary/aromatic N) is 6. The summed E-state index contributed by atoms with van der Waals surface area (Å²) in [5.74, 6) is 0. The van der Waals surface area contributed by atoms with Crippen molar-refractivity contribution in [2.75, 3.05) is 9.80 Å². The van der Waals surface area contributed by atoms with Gasteiger partial charge >= 0.3 is 0 Å². The lowest BCUT2D eigenvalue weighted by molar-refractivity contribution is 1.17. The van der Waals surface area contributed by atoms with Crippen molar-refractivity contribution in [2.45, 2.75) is 0 Å². The lowest BCUT2D eigenvalue weighted by atomic mass is 9.95. The van der Waals surface area contributed by atoms with E-state index >= 15 is 0 Å². The minimum absolute atomic E-state index is 1.08. The van der Waals surface area contributed by atoms with Crippen LogP contribution in [0.25, 0.3) is 220 Å². The lowest BCUT2D eigenvalue weighted by Gasteiger charge is -2.26. The molecule has 0 aliphatic rings. The summed E-state index contributed by atoms with van der Waals surface area (Å²) in [5.41, 5.74) is 35.1. The Kier molecular flexibility index (Phi) is 20.2. The summed E-state index contributed by atoms with van der Waals surface area (Å²) in [6.07, 6.45) is 0. The van der Waals surface area contributed by atoms with Crippen LogP contribution in [0.15, 0.2) is 546 Å². The van der Waals surface area contributed by atoms with Gasteiger partial charge < -0.3 is 28.1 Å². The van der Waals surface area contributed by atoms with Crippen molar-refractivity contribution in [3.63, 3.8) is 0 Å². The Morgan fingerprint density at radius 3 is 0.683 bits per heavy atom. The summed E-state index contributed by atoms with van der Waals surface area (Å²) in [5, 5.41) is 19.9. The van der Waals surface area contributed by atoms with Gasteiger partial charge in [0.1, 0.15) is 0 Å². The molecule has 0 fully saturated rings. The van der Waals surface area contributed by atoms with E-state index in [4.69, 9.17) is 0 Å². The number of hydrogen-bond donors (Lipinski definition) is 0. The first kappa shape index (κ1) is 82.6. The largest absolute Gasteiger partial charge is 0.311 e. The van der Waals surface area contributed by atoms with Crippen molar-refractivity contribution in [1.29, 1.82) is 0 Å². The van der Waals surface area contributed by atoms with E-state index in [9.17, 15) is 0 Å². The molecular weight excluding hydrogens is 1720 g/mol. The number of anilines is 6. The highest BCUT2D eigenvalue weighted by Gasteiger charge is 2.24. The number of aromatic nitrogens is 4. The number of fused-ring (bicyclic) bond motifs is 16. The molecule has 28 rings (SSSR count). The predicted octanol–water partition coefficient (Wildman–Crippen LogP) is 37.3. The fraction of sp³-hybridized carbons (Fsp3) is 0. The molecule has 6 heteroatoms. The van der Waals surface area contributed by atoms with E-state index < -0.39 is 0 Å². The average Bonchev–Trinajstić information content (AvgIpc) is 1.58. The Balaban J connectivity index is 0.000000142. The highest BCUT2D eigenvalue weighted by Crippen LogP contribution is 2.47. The van der Waals surface area contributed by atoms with Crippen LogP contribution in [0.2, 0.25) is 0 Å². The molecule has 0 aliphatic carbocycles. The van der Waals surface area contributed by atoms with Crippen LogP contribution in [0.1, 0.15) is 0 Å². The molecule has 0 atom stereocenters. The van der Waals surface area contributed by atoms with Crippen molar-refractivity contribution in [2.24, 2.45) is 0 Å². The van der Waals surface area contributed by atoms with Crippen molar-refractivity contribution in [1.82, 2.24) is 18.3 Å². The molecule has 4 aromatic heterocycles. The lowest BCUT2D eigenvalue weighted by Crippen LogP contribution is -2.10. The zero-order chi connectivity index (χ0) is 93.7. The maximum Gasteiger partial charge on any atom is 0.0541 e. The van der Waals surface area contributed by atoms with E-state index in [0.717, 1.165) is 56.9 Å². The van der Waals surface area contributed by atoms with E-state index in [2.05, 4.69) is 574 Å². The van der Waals surface area contributed by atoms with E-state index in [1.165, 1.54) is 197 Å². The first-order valence-electron chi connectivity index (χ1n) is 48.8. The van der Waals surface area contributed by atoms with Gasteiger partial charge in [0.15, 0.2) is 0 Å². The zero-order valence-electron chi connectivity index (χ0n) is 77.6. The second-order valence-corrected chi connectivity index (χ2v) is 37.1. The average molecular weight is 1810 g/mol. The molecule has 664 valence electrons. The molecule has 0 amide bonds. The molecule has 0 saturated carbocycles. The number of benzene rings is 24. The van der Waals surface area contributed by atoms with Gasteiger partial charge in [-0.15, -0.1) is 0 Å². The summed E-state index contributed by atoms with van der Waals surface area (Å²) in [6, 6.07) is 199. The smallest absolute Gasteiger partial charge is 0.0541 e. The first-order chi connectivity index (χ1) is 70.4. The third kappa shape index (κ3) is 14.5. The minimum atomic E-state index is 1.08. The summed E-state index contributed by atoms with van der Waals surface area (Å²) < 4.78 is 9.60. The van der Waals surface area contributed by atoms with Crippen LogP contribution in [0, 0.1) is 0 Å². The Morgan fingerprint density at radius 1 is 0.113 bits per heavy atom. The van der Waals surface area contributed by atoms with Crippen molar-refractivity contribution in [3.05, 3.63) is 546 Å². The fourth-order valence-electron chi connectivity index (χ4n) is 22.2. The van der Waals surface area contributed by atoms with E-state index in [0.29, 0.717) is 0 Å². The third-order valence-electron chi connectivity index (χ3n) is 28.9. The molecule has 0 radical (unpaired) electrons. The van der Waals surface area contributed by atoms with Crippen molar-refractivity contribution < 1.29 is 0 Å². The van der Waals surface area contributed by atoms with E-state index in [-0.39, 0.29) is 0 Å².